The molecular weight excluding hydrogens is 256 g/mol. The predicted molar refractivity (Wildman–Crippen MR) is 67.8 cm³/mol. The molecule has 2 rings (SSSR count). The lowest BCUT2D eigenvalue weighted by atomic mass is 10.1. The number of halogens is 1. The molecule has 0 aliphatic carbocycles. The zero-order valence-electron chi connectivity index (χ0n) is 9.60. The van der Waals surface area contributed by atoms with Crippen molar-refractivity contribution in [3.8, 4) is 0 Å². The fraction of sp³-hybridized carbons (Fsp3) is 0.333. The molecule has 0 spiro atoms. The quantitative estimate of drug-likeness (QED) is 0.864. The number of amides is 2. The van der Waals surface area contributed by atoms with Crippen LogP contribution in [0, 0.1) is 5.92 Å². The lowest BCUT2D eigenvalue weighted by Gasteiger charge is -2.12. The Balaban J connectivity index is 1.93. The molecule has 1 aliphatic rings. The van der Waals surface area contributed by atoms with Crippen LogP contribution in [0.3, 0.4) is 0 Å². The summed E-state index contributed by atoms with van der Waals surface area (Å²) < 4.78 is 0. The number of carbonyl (C=O) groups excluding carboxylic acids is 1. The third-order valence-electron chi connectivity index (χ3n) is 2.94. The molecule has 6 heteroatoms. The SMILES string of the molecule is O=C(Nc1ccc(Cl)cc1)C1CCN(C(=O)O)C1. The zero-order chi connectivity index (χ0) is 13.1. The van der Waals surface area contributed by atoms with Crippen molar-refractivity contribution in [2.24, 2.45) is 5.92 Å². The fourth-order valence-electron chi connectivity index (χ4n) is 1.93. The molecule has 1 atom stereocenters. The van der Waals surface area contributed by atoms with Gasteiger partial charge in [-0.15, -0.1) is 0 Å². The maximum absolute atomic E-state index is 11.9. The first-order chi connectivity index (χ1) is 8.56. The van der Waals surface area contributed by atoms with Crippen LogP contribution in [-0.2, 0) is 4.79 Å². The first kappa shape index (κ1) is 12.7. The predicted octanol–water partition coefficient (Wildman–Crippen LogP) is 2.28. The monoisotopic (exact) mass is 268 g/mol. The van der Waals surface area contributed by atoms with E-state index in [4.69, 9.17) is 16.7 Å². The van der Waals surface area contributed by atoms with Gasteiger partial charge in [-0.25, -0.2) is 4.79 Å². The van der Waals surface area contributed by atoms with Crippen molar-refractivity contribution >= 4 is 29.3 Å². The van der Waals surface area contributed by atoms with Crippen LogP contribution in [0.4, 0.5) is 10.5 Å². The molecule has 0 aromatic heterocycles. The van der Waals surface area contributed by atoms with Crippen LogP contribution in [0.2, 0.25) is 5.02 Å². The van der Waals surface area contributed by atoms with E-state index in [2.05, 4.69) is 5.32 Å². The zero-order valence-corrected chi connectivity index (χ0v) is 10.4. The second kappa shape index (κ2) is 5.27. The summed E-state index contributed by atoms with van der Waals surface area (Å²) in [6.07, 6.45) is -0.414. The number of benzene rings is 1. The van der Waals surface area contributed by atoms with Crippen LogP contribution in [-0.4, -0.2) is 35.1 Å². The average molecular weight is 269 g/mol. The molecule has 0 bridgehead atoms. The van der Waals surface area contributed by atoms with Gasteiger partial charge in [0.25, 0.3) is 0 Å². The smallest absolute Gasteiger partial charge is 0.407 e. The van der Waals surface area contributed by atoms with Crippen molar-refractivity contribution in [2.75, 3.05) is 18.4 Å². The molecule has 2 amide bonds. The Kier molecular flexibility index (Phi) is 3.72. The van der Waals surface area contributed by atoms with E-state index >= 15 is 0 Å². The summed E-state index contributed by atoms with van der Waals surface area (Å²) >= 11 is 5.74. The van der Waals surface area contributed by atoms with E-state index in [1.807, 2.05) is 0 Å². The maximum Gasteiger partial charge on any atom is 0.407 e. The molecule has 1 aromatic rings. The Morgan fingerprint density at radius 1 is 1.33 bits per heavy atom. The van der Waals surface area contributed by atoms with Gasteiger partial charge in [0.15, 0.2) is 0 Å². The Hall–Kier alpha value is -1.75. The first-order valence-electron chi connectivity index (χ1n) is 5.60. The summed E-state index contributed by atoms with van der Waals surface area (Å²) in [7, 11) is 0. The lowest BCUT2D eigenvalue weighted by Crippen LogP contribution is -2.30. The van der Waals surface area contributed by atoms with E-state index < -0.39 is 6.09 Å². The maximum atomic E-state index is 11.9. The van der Waals surface area contributed by atoms with Gasteiger partial charge in [0.2, 0.25) is 5.91 Å². The van der Waals surface area contributed by atoms with Crippen LogP contribution < -0.4 is 5.32 Å². The van der Waals surface area contributed by atoms with Crippen molar-refractivity contribution in [3.05, 3.63) is 29.3 Å². The van der Waals surface area contributed by atoms with E-state index in [0.29, 0.717) is 23.7 Å². The molecule has 0 radical (unpaired) electrons. The Bertz CT molecular complexity index is 461. The Morgan fingerprint density at radius 3 is 2.56 bits per heavy atom. The Morgan fingerprint density at radius 2 is 2.00 bits per heavy atom. The lowest BCUT2D eigenvalue weighted by molar-refractivity contribution is -0.119. The topological polar surface area (TPSA) is 69.6 Å². The number of rotatable bonds is 2. The number of likely N-dealkylation sites (tertiary alicyclic amines) is 1. The van der Waals surface area contributed by atoms with Gasteiger partial charge in [-0.2, -0.15) is 0 Å². The largest absolute Gasteiger partial charge is 0.465 e. The van der Waals surface area contributed by atoms with Gasteiger partial charge in [-0.3, -0.25) is 4.79 Å². The molecule has 18 heavy (non-hydrogen) atoms. The van der Waals surface area contributed by atoms with Gasteiger partial charge >= 0.3 is 6.09 Å². The van der Waals surface area contributed by atoms with Gasteiger partial charge in [0, 0.05) is 23.8 Å². The summed E-state index contributed by atoms with van der Waals surface area (Å²) in [5, 5.41) is 12.2. The van der Waals surface area contributed by atoms with Crippen molar-refractivity contribution in [3.63, 3.8) is 0 Å². The van der Waals surface area contributed by atoms with Crippen LogP contribution in [0.1, 0.15) is 6.42 Å². The standard InChI is InChI=1S/C12H13ClN2O3/c13-9-1-3-10(4-2-9)14-11(16)8-5-6-15(7-8)12(17)18/h1-4,8H,5-7H2,(H,14,16)(H,17,18). The van der Waals surface area contributed by atoms with Crippen LogP contribution in [0.15, 0.2) is 24.3 Å². The van der Waals surface area contributed by atoms with Gasteiger partial charge in [-0.1, -0.05) is 11.6 Å². The molecule has 2 N–H and O–H groups in total. The molecule has 1 fully saturated rings. The molecule has 1 aliphatic heterocycles. The normalized spacial score (nSPS) is 18.7. The molecule has 1 saturated heterocycles. The highest BCUT2D eigenvalue weighted by Gasteiger charge is 2.30. The van der Waals surface area contributed by atoms with Crippen molar-refractivity contribution in [1.82, 2.24) is 4.90 Å². The fourth-order valence-corrected chi connectivity index (χ4v) is 2.05. The summed E-state index contributed by atoms with van der Waals surface area (Å²) in [4.78, 5) is 23.9. The van der Waals surface area contributed by atoms with Crippen LogP contribution in [0.5, 0.6) is 0 Å². The summed E-state index contributed by atoms with van der Waals surface area (Å²) in [6.45, 7) is 0.669. The number of carboxylic acid groups (broad SMARTS) is 1. The molecular formula is C12H13ClN2O3. The second-order valence-electron chi connectivity index (χ2n) is 4.21. The second-order valence-corrected chi connectivity index (χ2v) is 4.65. The highest BCUT2D eigenvalue weighted by atomic mass is 35.5. The molecule has 1 aromatic carbocycles. The minimum absolute atomic E-state index is 0.152. The number of nitrogens with zero attached hydrogens (tertiary/aromatic N) is 1. The van der Waals surface area contributed by atoms with Crippen molar-refractivity contribution < 1.29 is 14.7 Å². The summed E-state index contributed by atoms with van der Waals surface area (Å²) in [5.41, 5.74) is 0.665. The third kappa shape index (κ3) is 2.92. The Labute approximate surface area is 109 Å². The number of nitrogens with one attached hydrogen (secondary N) is 1. The highest BCUT2D eigenvalue weighted by molar-refractivity contribution is 6.30. The molecule has 0 saturated carbocycles. The van der Waals surface area contributed by atoms with E-state index in [9.17, 15) is 9.59 Å². The van der Waals surface area contributed by atoms with Crippen molar-refractivity contribution in [1.29, 1.82) is 0 Å². The van der Waals surface area contributed by atoms with E-state index in [1.165, 1.54) is 4.90 Å². The third-order valence-corrected chi connectivity index (χ3v) is 3.19. The van der Waals surface area contributed by atoms with Crippen LogP contribution >= 0.6 is 11.6 Å². The number of carbonyl (C=O) groups is 2. The van der Waals surface area contributed by atoms with Crippen molar-refractivity contribution in [2.45, 2.75) is 6.42 Å². The van der Waals surface area contributed by atoms with E-state index in [0.717, 1.165) is 0 Å². The summed E-state index contributed by atoms with van der Waals surface area (Å²) in [6, 6.07) is 6.80. The molecule has 1 unspecified atom stereocenters. The highest BCUT2D eigenvalue weighted by Crippen LogP contribution is 2.19. The number of anilines is 1. The van der Waals surface area contributed by atoms with E-state index in [1.54, 1.807) is 24.3 Å². The number of hydrogen-bond donors (Lipinski definition) is 2. The molecule has 1 heterocycles. The minimum Gasteiger partial charge on any atom is -0.465 e. The average Bonchev–Trinajstić information content (AvgIpc) is 2.81. The van der Waals surface area contributed by atoms with Gasteiger partial charge < -0.3 is 15.3 Å². The van der Waals surface area contributed by atoms with Gasteiger partial charge in [0.05, 0.1) is 5.92 Å². The van der Waals surface area contributed by atoms with Crippen LogP contribution in [0.25, 0.3) is 0 Å². The minimum atomic E-state index is -0.975. The first-order valence-corrected chi connectivity index (χ1v) is 5.98. The number of hydrogen-bond acceptors (Lipinski definition) is 2. The molecule has 96 valence electrons. The van der Waals surface area contributed by atoms with E-state index in [-0.39, 0.29) is 18.4 Å². The summed E-state index contributed by atoms with van der Waals surface area (Å²) in [5.74, 6) is -0.433. The van der Waals surface area contributed by atoms with Gasteiger partial charge in [0.1, 0.15) is 0 Å². The van der Waals surface area contributed by atoms with Gasteiger partial charge in [-0.05, 0) is 30.7 Å². The molecule has 5 nitrogen and oxygen atoms in total.